The highest BCUT2D eigenvalue weighted by Crippen LogP contribution is 2.08. The van der Waals surface area contributed by atoms with Crippen LogP contribution in [-0.4, -0.2) is 48.8 Å². The van der Waals surface area contributed by atoms with Crippen molar-refractivity contribution in [1.82, 2.24) is 14.5 Å². The Labute approximate surface area is 113 Å². The predicted octanol–water partition coefficient (Wildman–Crippen LogP) is 0.432. The highest BCUT2D eigenvalue weighted by Gasteiger charge is 2.13. The molecule has 0 saturated heterocycles. The normalized spacial score (nSPS) is 11.3. The Morgan fingerprint density at radius 1 is 1.53 bits per heavy atom. The zero-order valence-electron chi connectivity index (χ0n) is 11.0. The van der Waals surface area contributed by atoms with E-state index in [0.717, 1.165) is 0 Å². The van der Waals surface area contributed by atoms with E-state index in [1.807, 2.05) is 6.07 Å². The molecule has 1 rings (SSSR count). The minimum absolute atomic E-state index is 0.422. The van der Waals surface area contributed by atoms with Gasteiger partial charge in [-0.25, -0.2) is 12.7 Å². The third kappa shape index (κ3) is 4.81. The largest absolute Gasteiger partial charge is 0.367 e. The van der Waals surface area contributed by atoms with Crippen molar-refractivity contribution in [3.8, 4) is 6.07 Å². The van der Waals surface area contributed by atoms with Gasteiger partial charge in [-0.1, -0.05) is 6.92 Å². The highest BCUT2D eigenvalue weighted by atomic mass is 32.2. The molecule has 0 spiro atoms. The summed E-state index contributed by atoms with van der Waals surface area (Å²) in [6.45, 7) is 3.21. The first kappa shape index (κ1) is 15.3. The Bertz CT molecular complexity index is 552. The van der Waals surface area contributed by atoms with E-state index in [1.165, 1.54) is 16.8 Å². The van der Waals surface area contributed by atoms with Gasteiger partial charge in [0.25, 0.3) is 0 Å². The smallest absolute Gasteiger partial charge is 0.211 e. The van der Waals surface area contributed by atoms with Crippen molar-refractivity contribution in [2.45, 2.75) is 13.3 Å². The van der Waals surface area contributed by atoms with Gasteiger partial charge in [0, 0.05) is 19.6 Å². The Morgan fingerprint density at radius 2 is 2.26 bits per heavy atom. The first-order chi connectivity index (χ1) is 8.99. The lowest BCUT2D eigenvalue weighted by atomic mass is 10.3. The molecule has 0 fully saturated rings. The monoisotopic (exact) mass is 283 g/mol. The van der Waals surface area contributed by atoms with Crippen molar-refractivity contribution >= 4 is 15.8 Å². The standard InChI is InChI=1S/C11H17N5O2S/c1-3-16(19(2,17)18)8-4-6-13-11-10(9-12)5-7-14-15-11/h5,7H,3-4,6,8H2,1-2H3,(H,13,15). The lowest BCUT2D eigenvalue weighted by Gasteiger charge is -2.17. The molecule has 104 valence electrons. The van der Waals surface area contributed by atoms with Gasteiger partial charge in [0.2, 0.25) is 10.0 Å². The lowest BCUT2D eigenvalue weighted by molar-refractivity contribution is 0.428. The van der Waals surface area contributed by atoms with Crippen LogP contribution in [0.4, 0.5) is 5.82 Å². The van der Waals surface area contributed by atoms with Gasteiger partial charge >= 0.3 is 0 Å². The topological polar surface area (TPSA) is 99.0 Å². The fourth-order valence-electron chi connectivity index (χ4n) is 1.57. The number of rotatable bonds is 7. The van der Waals surface area contributed by atoms with Gasteiger partial charge in [0.05, 0.1) is 18.0 Å². The molecular weight excluding hydrogens is 266 g/mol. The zero-order chi connectivity index (χ0) is 14.3. The Morgan fingerprint density at radius 3 is 2.84 bits per heavy atom. The average molecular weight is 283 g/mol. The second-order valence-electron chi connectivity index (χ2n) is 3.94. The van der Waals surface area contributed by atoms with Crippen molar-refractivity contribution in [2.24, 2.45) is 0 Å². The summed E-state index contributed by atoms with van der Waals surface area (Å²) in [7, 11) is -3.15. The van der Waals surface area contributed by atoms with Crippen LogP contribution in [0.3, 0.4) is 0 Å². The van der Waals surface area contributed by atoms with Crippen LogP contribution in [0.15, 0.2) is 12.3 Å². The van der Waals surface area contributed by atoms with Crippen molar-refractivity contribution < 1.29 is 8.42 Å². The Kier molecular flexibility index (Phi) is 5.66. The molecule has 0 aliphatic carbocycles. The summed E-state index contributed by atoms with van der Waals surface area (Å²) in [5.74, 6) is 0.424. The average Bonchev–Trinajstić information content (AvgIpc) is 2.37. The number of nitriles is 1. The van der Waals surface area contributed by atoms with Gasteiger partial charge in [-0.05, 0) is 12.5 Å². The molecule has 0 unspecified atom stereocenters. The number of sulfonamides is 1. The van der Waals surface area contributed by atoms with Crippen LogP contribution in [-0.2, 0) is 10.0 Å². The second kappa shape index (κ2) is 7.01. The van der Waals surface area contributed by atoms with E-state index in [-0.39, 0.29) is 0 Å². The maximum absolute atomic E-state index is 11.4. The number of hydrogen-bond donors (Lipinski definition) is 1. The van der Waals surface area contributed by atoms with Crippen LogP contribution in [0.1, 0.15) is 18.9 Å². The van der Waals surface area contributed by atoms with E-state index >= 15 is 0 Å². The van der Waals surface area contributed by atoms with Crippen molar-refractivity contribution in [3.05, 3.63) is 17.8 Å². The molecule has 0 radical (unpaired) electrons. The molecule has 19 heavy (non-hydrogen) atoms. The highest BCUT2D eigenvalue weighted by molar-refractivity contribution is 7.88. The molecule has 1 N–H and O–H groups in total. The minimum Gasteiger partial charge on any atom is -0.367 e. The van der Waals surface area contributed by atoms with Gasteiger partial charge in [-0.2, -0.15) is 10.4 Å². The number of nitrogens with zero attached hydrogens (tertiary/aromatic N) is 4. The third-order valence-corrected chi connectivity index (χ3v) is 3.92. The third-order valence-electron chi connectivity index (χ3n) is 2.54. The number of nitrogens with one attached hydrogen (secondary N) is 1. The van der Waals surface area contributed by atoms with E-state index < -0.39 is 10.0 Å². The van der Waals surface area contributed by atoms with E-state index in [1.54, 1.807) is 13.0 Å². The fourth-order valence-corrected chi connectivity index (χ4v) is 2.50. The second-order valence-corrected chi connectivity index (χ2v) is 5.92. The van der Waals surface area contributed by atoms with Gasteiger partial charge in [0.1, 0.15) is 6.07 Å². The van der Waals surface area contributed by atoms with Gasteiger partial charge in [-0.15, -0.1) is 5.10 Å². The molecule has 1 aromatic rings. The summed E-state index contributed by atoms with van der Waals surface area (Å²) < 4.78 is 24.1. The zero-order valence-corrected chi connectivity index (χ0v) is 11.8. The maximum Gasteiger partial charge on any atom is 0.211 e. The van der Waals surface area contributed by atoms with Crippen LogP contribution >= 0.6 is 0 Å². The summed E-state index contributed by atoms with van der Waals surface area (Å²) in [6, 6.07) is 3.58. The first-order valence-corrected chi connectivity index (χ1v) is 7.74. The molecule has 0 atom stereocenters. The SMILES string of the molecule is CCN(CCCNc1nnccc1C#N)S(C)(=O)=O. The molecule has 0 aliphatic heterocycles. The summed E-state index contributed by atoms with van der Waals surface area (Å²) in [6.07, 6.45) is 3.27. The van der Waals surface area contributed by atoms with Gasteiger partial charge in [-0.3, -0.25) is 0 Å². The molecule has 7 nitrogen and oxygen atoms in total. The van der Waals surface area contributed by atoms with Crippen LogP contribution in [0, 0.1) is 11.3 Å². The first-order valence-electron chi connectivity index (χ1n) is 5.89. The molecule has 0 bridgehead atoms. The van der Waals surface area contributed by atoms with Crippen molar-refractivity contribution in [2.75, 3.05) is 31.2 Å². The molecule has 0 saturated carbocycles. The van der Waals surface area contributed by atoms with Crippen LogP contribution in [0.2, 0.25) is 0 Å². The van der Waals surface area contributed by atoms with Crippen LogP contribution in [0.5, 0.6) is 0 Å². The van der Waals surface area contributed by atoms with Crippen molar-refractivity contribution in [1.29, 1.82) is 5.26 Å². The Balaban J connectivity index is 2.45. The lowest BCUT2D eigenvalue weighted by Crippen LogP contribution is -2.31. The molecule has 1 heterocycles. The fraction of sp³-hybridized carbons (Fsp3) is 0.545. The molecule has 1 aromatic heterocycles. The quantitative estimate of drug-likeness (QED) is 0.729. The van der Waals surface area contributed by atoms with E-state index in [0.29, 0.717) is 37.4 Å². The van der Waals surface area contributed by atoms with Crippen LogP contribution in [0.25, 0.3) is 0 Å². The van der Waals surface area contributed by atoms with E-state index in [2.05, 4.69) is 15.5 Å². The summed E-state index contributed by atoms with van der Waals surface area (Å²) in [5.41, 5.74) is 0.422. The summed E-state index contributed by atoms with van der Waals surface area (Å²) in [5, 5.41) is 19.4. The molecule has 8 heteroatoms. The Hall–Kier alpha value is -1.72. The maximum atomic E-state index is 11.4. The van der Waals surface area contributed by atoms with E-state index in [4.69, 9.17) is 5.26 Å². The van der Waals surface area contributed by atoms with Crippen LogP contribution < -0.4 is 5.32 Å². The van der Waals surface area contributed by atoms with Gasteiger partial charge in [0.15, 0.2) is 5.82 Å². The summed E-state index contributed by atoms with van der Waals surface area (Å²) in [4.78, 5) is 0. The van der Waals surface area contributed by atoms with Gasteiger partial charge < -0.3 is 5.32 Å². The number of anilines is 1. The number of aromatic nitrogens is 2. The van der Waals surface area contributed by atoms with Crippen molar-refractivity contribution in [3.63, 3.8) is 0 Å². The molecule has 0 amide bonds. The summed E-state index contributed by atoms with van der Waals surface area (Å²) >= 11 is 0. The molecule has 0 aliphatic rings. The predicted molar refractivity (Wildman–Crippen MR) is 71.9 cm³/mol. The number of hydrogen-bond acceptors (Lipinski definition) is 6. The molecule has 0 aromatic carbocycles. The minimum atomic E-state index is -3.15. The van der Waals surface area contributed by atoms with E-state index in [9.17, 15) is 8.42 Å². The molecular formula is C11H17N5O2S.